The van der Waals surface area contributed by atoms with Gasteiger partial charge in [0.05, 0.1) is 5.41 Å². The van der Waals surface area contributed by atoms with Gasteiger partial charge in [0.15, 0.2) is 0 Å². The lowest BCUT2D eigenvalue weighted by Crippen LogP contribution is -2.47. The van der Waals surface area contributed by atoms with E-state index in [9.17, 15) is 4.79 Å². The average Bonchev–Trinajstić information content (AvgIpc) is 2.45. The molecule has 0 saturated heterocycles. The van der Waals surface area contributed by atoms with Gasteiger partial charge in [-0.25, -0.2) is 0 Å². The van der Waals surface area contributed by atoms with Gasteiger partial charge in [-0.3, -0.25) is 4.79 Å². The van der Waals surface area contributed by atoms with E-state index in [4.69, 9.17) is 5.73 Å². The summed E-state index contributed by atoms with van der Waals surface area (Å²) in [6.07, 6.45) is 5.39. The van der Waals surface area contributed by atoms with Gasteiger partial charge in [0, 0.05) is 13.1 Å². The normalized spacial score (nSPS) is 17.1. The van der Waals surface area contributed by atoms with Gasteiger partial charge in [0.1, 0.15) is 0 Å². The third kappa shape index (κ3) is 3.53. The molecule has 2 rings (SSSR count). The number of hydrogen-bond acceptors (Lipinski definition) is 2. The molecule has 3 nitrogen and oxygen atoms in total. The number of hydrogen-bond donors (Lipinski definition) is 2. The fraction of sp³-hybridized carbons (Fsp3) is 0.562. The molecule has 1 amide bonds. The molecule has 1 aromatic rings. The summed E-state index contributed by atoms with van der Waals surface area (Å²) in [7, 11) is 0. The maximum absolute atomic E-state index is 12.6. The molecule has 1 aliphatic carbocycles. The summed E-state index contributed by atoms with van der Waals surface area (Å²) < 4.78 is 0. The van der Waals surface area contributed by atoms with Crippen LogP contribution >= 0.6 is 12.4 Å². The minimum Gasteiger partial charge on any atom is -0.354 e. The van der Waals surface area contributed by atoms with Gasteiger partial charge in [-0.15, -0.1) is 12.4 Å². The lowest BCUT2D eigenvalue weighted by atomic mass is 9.68. The first-order valence-corrected chi connectivity index (χ1v) is 7.24. The monoisotopic (exact) mass is 296 g/mol. The van der Waals surface area contributed by atoms with E-state index in [1.807, 2.05) is 0 Å². The number of halogens is 1. The number of amides is 1. The zero-order valence-electron chi connectivity index (χ0n) is 12.2. The second kappa shape index (κ2) is 7.65. The Labute approximate surface area is 127 Å². The number of carbonyl (C=O) groups excluding carboxylic acids is 1. The van der Waals surface area contributed by atoms with Gasteiger partial charge in [0.25, 0.3) is 0 Å². The Kier molecular flexibility index (Phi) is 6.50. The van der Waals surface area contributed by atoms with Crippen LogP contribution in [-0.4, -0.2) is 19.0 Å². The van der Waals surface area contributed by atoms with Crippen LogP contribution in [0.2, 0.25) is 0 Å². The molecule has 0 spiro atoms. The van der Waals surface area contributed by atoms with E-state index in [-0.39, 0.29) is 23.7 Å². The van der Waals surface area contributed by atoms with Gasteiger partial charge in [-0.1, -0.05) is 49.1 Å². The minimum absolute atomic E-state index is 0. The summed E-state index contributed by atoms with van der Waals surface area (Å²) in [5.74, 6) is 0.156. The Morgan fingerprint density at radius 1 is 1.30 bits per heavy atom. The molecular formula is C16H25ClN2O. The zero-order valence-corrected chi connectivity index (χ0v) is 13.0. The highest BCUT2D eigenvalue weighted by Gasteiger charge is 2.40. The second-order valence-electron chi connectivity index (χ2n) is 5.56. The molecule has 112 valence electrons. The van der Waals surface area contributed by atoms with Crippen LogP contribution in [0.1, 0.15) is 43.2 Å². The lowest BCUT2D eigenvalue weighted by Gasteiger charge is -2.36. The summed E-state index contributed by atoms with van der Waals surface area (Å²) in [5.41, 5.74) is 7.55. The molecule has 0 atom stereocenters. The van der Waals surface area contributed by atoms with Crippen LogP contribution in [-0.2, 0) is 10.2 Å². The first-order chi connectivity index (χ1) is 9.19. The Morgan fingerprint density at radius 2 is 2.00 bits per heavy atom. The molecule has 0 heterocycles. The van der Waals surface area contributed by atoms with Crippen molar-refractivity contribution in [2.75, 3.05) is 13.1 Å². The first-order valence-electron chi connectivity index (χ1n) is 7.24. The highest BCUT2D eigenvalue weighted by atomic mass is 35.5. The van der Waals surface area contributed by atoms with Crippen LogP contribution in [0.5, 0.6) is 0 Å². The fourth-order valence-electron chi connectivity index (χ4n) is 3.10. The highest BCUT2D eigenvalue weighted by Crippen LogP contribution is 2.39. The Bertz CT molecular complexity index is 442. The van der Waals surface area contributed by atoms with Crippen molar-refractivity contribution in [1.29, 1.82) is 0 Å². The third-order valence-electron chi connectivity index (χ3n) is 4.14. The maximum atomic E-state index is 12.6. The van der Waals surface area contributed by atoms with Crippen molar-refractivity contribution in [3.63, 3.8) is 0 Å². The van der Waals surface area contributed by atoms with Crippen molar-refractivity contribution in [2.45, 2.75) is 44.4 Å². The van der Waals surface area contributed by atoms with Crippen LogP contribution < -0.4 is 11.1 Å². The Morgan fingerprint density at radius 3 is 2.60 bits per heavy atom. The topological polar surface area (TPSA) is 55.1 Å². The predicted molar refractivity (Wildman–Crippen MR) is 85.3 cm³/mol. The van der Waals surface area contributed by atoms with E-state index in [0.717, 1.165) is 25.7 Å². The molecule has 20 heavy (non-hydrogen) atoms. The van der Waals surface area contributed by atoms with Crippen LogP contribution in [0.25, 0.3) is 0 Å². The van der Waals surface area contributed by atoms with E-state index in [1.165, 1.54) is 17.5 Å². The molecule has 1 fully saturated rings. The predicted octanol–water partition coefficient (Wildman–Crippen LogP) is 2.69. The zero-order chi connectivity index (χ0) is 13.7. The standard InChI is InChI=1S/C16H24N2O.ClH/c1-13-6-5-7-14(12-13)16(8-3-2-4-9-16)15(19)18-11-10-17;/h5-7,12H,2-4,8-11,17H2,1H3,(H,18,19);1H. The summed E-state index contributed by atoms with van der Waals surface area (Å²) in [5, 5.41) is 3.00. The van der Waals surface area contributed by atoms with Crippen molar-refractivity contribution in [3.05, 3.63) is 35.4 Å². The SMILES string of the molecule is Cc1cccc(C2(C(=O)NCCN)CCCCC2)c1.Cl. The average molecular weight is 297 g/mol. The molecule has 0 aromatic heterocycles. The van der Waals surface area contributed by atoms with Crippen molar-refractivity contribution in [2.24, 2.45) is 5.73 Å². The number of benzene rings is 1. The van der Waals surface area contributed by atoms with Crippen LogP contribution in [0, 0.1) is 6.92 Å². The highest BCUT2D eigenvalue weighted by molar-refractivity contribution is 5.88. The molecule has 3 N–H and O–H groups in total. The third-order valence-corrected chi connectivity index (χ3v) is 4.14. The van der Waals surface area contributed by atoms with Crippen LogP contribution in [0.4, 0.5) is 0 Å². The molecule has 0 bridgehead atoms. The lowest BCUT2D eigenvalue weighted by molar-refractivity contribution is -0.128. The van der Waals surface area contributed by atoms with E-state index in [2.05, 4.69) is 36.5 Å². The smallest absolute Gasteiger partial charge is 0.230 e. The number of aryl methyl sites for hydroxylation is 1. The van der Waals surface area contributed by atoms with E-state index >= 15 is 0 Å². The first kappa shape index (κ1) is 17.0. The molecule has 1 saturated carbocycles. The van der Waals surface area contributed by atoms with Crippen LogP contribution in [0.15, 0.2) is 24.3 Å². The number of nitrogens with one attached hydrogen (secondary N) is 1. The number of nitrogens with two attached hydrogens (primary N) is 1. The Balaban J connectivity index is 0.00000200. The van der Waals surface area contributed by atoms with Crippen LogP contribution in [0.3, 0.4) is 0 Å². The largest absolute Gasteiger partial charge is 0.354 e. The second-order valence-corrected chi connectivity index (χ2v) is 5.56. The minimum atomic E-state index is -0.334. The van der Waals surface area contributed by atoms with Gasteiger partial charge in [-0.2, -0.15) is 0 Å². The molecule has 0 unspecified atom stereocenters. The number of rotatable bonds is 4. The van der Waals surface area contributed by atoms with Gasteiger partial charge in [-0.05, 0) is 25.3 Å². The molecule has 1 aliphatic rings. The summed E-state index contributed by atoms with van der Waals surface area (Å²) in [6.45, 7) is 3.14. The molecular weight excluding hydrogens is 272 g/mol. The Hall–Kier alpha value is -1.06. The van der Waals surface area contributed by atoms with E-state index in [0.29, 0.717) is 13.1 Å². The number of carbonyl (C=O) groups is 1. The van der Waals surface area contributed by atoms with Crippen molar-refractivity contribution < 1.29 is 4.79 Å². The van der Waals surface area contributed by atoms with Gasteiger partial charge in [0.2, 0.25) is 5.91 Å². The summed E-state index contributed by atoms with van der Waals surface area (Å²) >= 11 is 0. The summed E-state index contributed by atoms with van der Waals surface area (Å²) in [4.78, 5) is 12.6. The van der Waals surface area contributed by atoms with Gasteiger partial charge >= 0.3 is 0 Å². The van der Waals surface area contributed by atoms with Crippen molar-refractivity contribution in [3.8, 4) is 0 Å². The molecule has 4 heteroatoms. The fourth-order valence-corrected chi connectivity index (χ4v) is 3.10. The molecule has 1 aromatic carbocycles. The van der Waals surface area contributed by atoms with Crippen molar-refractivity contribution >= 4 is 18.3 Å². The van der Waals surface area contributed by atoms with Crippen molar-refractivity contribution in [1.82, 2.24) is 5.32 Å². The summed E-state index contributed by atoms with van der Waals surface area (Å²) in [6, 6.07) is 8.39. The molecule has 0 radical (unpaired) electrons. The van der Waals surface area contributed by atoms with E-state index < -0.39 is 0 Å². The van der Waals surface area contributed by atoms with E-state index in [1.54, 1.807) is 0 Å². The maximum Gasteiger partial charge on any atom is 0.230 e. The van der Waals surface area contributed by atoms with Gasteiger partial charge < -0.3 is 11.1 Å². The molecule has 0 aliphatic heterocycles. The quantitative estimate of drug-likeness (QED) is 0.897.